The van der Waals surface area contributed by atoms with Crippen molar-refractivity contribution in [3.63, 3.8) is 0 Å². The Balaban J connectivity index is 2.31. The van der Waals surface area contributed by atoms with Crippen LogP contribution in [0.3, 0.4) is 0 Å². The van der Waals surface area contributed by atoms with Crippen molar-refractivity contribution >= 4 is 50.9 Å². The molecule has 138 valence electrons. The second kappa shape index (κ2) is 8.91. The van der Waals surface area contributed by atoms with Crippen LogP contribution in [0.4, 0.5) is 4.79 Å². The number of carbonyl (C=O) groups excluding carboxylic acids is 3. The molecule has 0 unspecified atom stereocenters. The van der Waals surface area contributed by atoms with Crippen molar-refractivity contribution in [1.29, 1.82) is 0 Å². The number of hydrogen-bond acceptors (Lipinski definition) is 7. The fourth-order valence-electron chi connectivity index (χ4n) is 2.05. The molecule has 1 aromatic rings. The highest BCUT2D eigenvalue weighted by atomic mass is 79.9. The van der Waals surface area contributed by atoms with E-state index in [0.29, 0.717) is 28.1 Å². The van der Waals surface area contributed by atoms with E-state index in [-0.39, 0.29) is 4.91 Å². The molecule has 0 atom stereocenters. The monoisotopic (exact) mass is 441 g/mol. The van der Waals surface area contributed by atoms with Crippen LogP contribution < -0.4 is 9.47 Å². The minimum absolute atomic E-state index is 0.196. The molecule has 1 aliphatic heterocycles. The van der Waals surface area contributed by atoms with Crippen LogP contribution in [0.2, 0.25) is 0 Å². The summed E-state index contributed by atoms with van der Waals surface area (Å²) in [4.78, 5) is 36.7. The van der Waals surface area contributed by atoms with E-state index in [1.54, 1.807) is 24.3 Å². The Morgan fingerprint density at radius 3 is 2.65 bits per heavy atom. The van der Waals surface area contributed by atoms with Gasteiger partial charge in [-0.25, -0.2) is 0 Å². The van der Waals surface area contributed by atoms with Gasteiger partial charge in [0.05, 0.1) is 19.1 Å². The molecule has 0 spiro atoms. The SMILES string of the molecule is C=CCOc1cc(Br)c(C=C2SC(=O)N(CC(=O)OC)C2=O)cc1OC. The van der Waals surface area contributed by atoms with E-state index >= 15 is 0 Å². The lowest BCUT2D eigenvalue weighted by Gasteiger charge is -2.12. The van der Waals surface area contributed by atoms with E-state index in [1.165, 1.54) is 14.2 Å². The van der Waals surface area contributed by atoms with Crippen LogP contribution in [0.1, 0.15) is 5.56 Å². The number of hydrogen-bond donors (Lipinski definition) is 0. The van der Waals surface area contributed by atoms with Gasteiger partial charge in [-0.1, -0.05) is 28.6 Å². The topological polar surface area (TPSA) is 82.1 Å². The van der Waals surface area contributed by atoms with E-state index in [1.807, 2.05) is 0 Å². The fourth-order valence-corrected chi connectivity index (χ4v) is 3.32. The summed E-state index contributed by atoms with van der Waals surface area (Å²) in [7, 11) is 2.69. The van der Waals surface area contributed by atoms with Gasteiger partial charge in [-0.15, -0.1) is 0 Å². The molecular weight excluding hydrogens is 426 g/mol. The first-order valence-corrected chi connectivity index (χ1v) is 8.95. The Morgan fingerprint density at radius 1 is 1.31 bits per heavy atom. The zero-order valence-corrected chi connectivity index (χ0v) is 16.5. The Bertz CT molecular complexity index is 792. The minimum atomic E-state index is -0.667. The maximum atomic E-state index is 12.4. The van der Waals surface area contributed by atoms with Gasteiger partial charge in [0.1, 0.15) is 13.2 Å². The molecule has 1 aliphatic rings. The Labute approximate surface area is 163 Å². The van der Waals surface area contributed by atoms with Gasteiger partial charge >= 0.3 is 5.97 Å². The molecule has 26 heavy (non-hydrogen) atoms. The maximum absolute atomic E-state index is 12.4. The van der Waals surface area contributed by atoms with Gasteiger partial charge in [-0.2, -0.15) is 0 Å². The molecule has 1 fully saturated rings. The second-order valence-electron chi connectivity index (χ2n) is 4.97. The zero-order valence-electron chi connectivity index (χ0n) is 14.1. The number of halogens is 1. The van der Waals surface area contributed by atoms with Crippen LogP contribution in [-0.4, -0.2) is 49.4 Å². The molecule has 2 amide bonds. The van der Waals surface area contributed by atoms with Crippen LogP contribution in [0.15, 0.2) is 34.2 Å². The quantitative estimate of drug-likeness (QED) is 0.364. The predicted octanol–water partition coefficient (Wildman–Crippen LogP) is 3.23. The van der Waals surface area contributed by atoms with Crippen LogP contribution in [0, 0.1) is 0 Å². The summed E-state index contributed by atoms with van der Waals surface area (Å²) in [5.41, 5.74) is 0.622. The molecule has 0 aromatic heterocycles. The molecule has 0 aliphatic carbocycles. The maximum Gasteiger partial charge on any atom is 0.325 e. The number of thioether (sulfide) groups is 1. The average Bonchev–Trinajstić information content (AvgIpc) is 2.88. The number of rotatable bonds is 7. The summed E-state index contributed by atoms with van der Waals surface area (Å²) in [5.74, 6) is -0.242. The highest BCUT2D eigenvalue weighted by molar-refractivity contribution is 9.10. The summed E-state index contributed by atoms with van der Waals surface area (Å²) in [6.07, 6.45) is 3.16. The van der Waals surface area contributed by atoms with Gasteiger partial charge in [-0.3, -0.25) is 19.3 Å². The lowest BCUT2D eigenvalue weighted by atomic mass is 10.2. The van der Waals surface area contributed by atoms with Crippen LogP contribution >= 0.6 is 27.7 Å². The highest BCUT2D eigenvalue weighted by Gasteiger charge is 2.36. The van der Waals surface area contributed by atoms with Gasteiger partial charge in [0.15, 0.2) is 11.5 Å². The van der Waals surface area contributed by atoms with Crippen LogP contribution in [0.25, 0.3) is 6.08 Å². The zero-order chi connectivity index (χ0) is 19.3. The van der Waals surface area contributed by atoms with E-state index in [0.717, 1.165) is 16.7 Å². The van der Waals surface area contributed by atoms with Crippen molar-refractivity contribution < 1.29 is 28.6 Å². The lowest BCUT2D eigenvalue weighted by Crippen LogP contribution is -2.34. The Hall–Kier alpha value is -2.26. The molecule has 7 nitrogen and oxygen atoms in total. The number of ether oxygens (including phenoxy) is 3. The van der Waals surface area contributed by atoms with Gasteiger partial charge in [-0.05, 0) is 35.5 Å². The molecule has 9 heteroatoms. The number of esters is 1. The van der Waals surface area contributed by atoms with Crippen molar-refractivity contribution in [2.24, 2.45) is 0 Å². The molecule has 0 radical (unpaired) electrons. The van der Waals surface area contributed by atoms with Crippen molar-refractivity contribution in [3.05, 3.63) is 39.7 Å². The van der Waals surface area contributed by atoms with E-state index < -0.39 is 23.7 Å². The predicted molar refractivity (Wildman–Crippen MR) is 101 cm³/mol. The number of methoxy groups -OCH3 is 2. The van der Waals surface area contributed by atoms with Crippen molar-refractivity contribution in [2.45, 2.75) is 0 Å². The van der Waals surface area contributed by atoms with Gasteiger partial charge in [0, 0.05) is 4.47 Å². The number of amides is 2. The third-order valence-corrected chi connectivity index (χ3v) is 4.91. The Morgan fingerprint density at radius 2 is 2.04 bits per heavy atom. The molecule has 1 aromatic carbocycles. The van der Waals surface area contributed by atoms with Gasteiger partial charge < -0.3 is 14.2 Å². The number of imide groups is 1. The van der Waals surface area contributed by atoms with Crippen molar-refractivity contribution in [3.8, 4) is 11.5 Å². The third-order valence-electron chi connectivity index (χ3n) is 3.31. The minimum Gasteiger partial charge on any atom is -0.493 e. The summed E-state index contributed by atoms with van der Waals surface area (Å²) < 4.78 is 16.0. The summed E-state index contributed by atoms with van der Waals surface area (Å²) in [6.45, 7) is 3.49. The second-order valence-corrected chi connectivity index (χ2v) is 6.82. The molecular formula is C17H16BrNO6S. The fraction of sp³-hybridized carbons (Fsp3) is 0.235. The van der Waals surface area contributed by atoms with Crippen molar-refractivity contribution in [2.75, 3.05) is 27.4 Å². The first-order chi connectivity index (χ1) is 12.4. The normalized spacial score (nSPS) is 15.3. The smallest absolute Gasteiger partial charge is 0.325 e. The van der Waals surface area contributed by atoms with E-state index in [4.69, 9.17) is 9.47 Å². The summed E-state index contributed by atoms with van der Waals surface area (Å²) in [5, 5.41) is -0.527. The first kappa shape index (κ1) is 20.1. The van der Waals surface area contributed by atoms with E-state index in [2.05, 4.69) is 27.2 Å². The first-order valence-electron chi connectivity index (χ1n) is 7.34. The van der Waals surface area contributed by atoms with Crippen molar-refractivity contribution in [1.82, 2.24) is 4.90 Å². The number of benzene rings is 1. The summed E-state index contributed by atoms with van der Waals surface area (Å²) >= 11 is 4.17. The largest absolute Gasteiger partial charge is 0.493 e. The van der Waals surface area contributed by atoms with Crippen LogP contribution in [0.5, 0.6) is 11.5 Å². The number of carbonyl (C=O) groups is 3. The lowest BCUT2D eigenvalue weighted by molar-refractivity contribution is -0.143. The van der Waals surface area contributed by atoms with Crippen LogP contribution in [-0.2, 0) is 14.3 Å². The van der Waals surface area contributed by atoms with Gasteiger partial charge in [0.25, 0.3) is 11.1 Å². The Kier molecular flexibility index (Phi) is 6.87. The molecule has 0 saturated carbocycles. The molecule has 1 saturated heterocycles. The highest BCUT2D eigenvalue weighted by Crippen LogP contribution is 2.38. The third kappa shape index (κ3) is 4.47. The average molecular weight is 442 g/mol. The number of nitrogens with zero attached hydrogens (tertiary/aromatic N) is 1. The van der Waals surface area contributed by atoms with E-state index in [9.17, 15) is 14.4 Å². The van der Waals surface area contributed by atoms with Gasteiger partial charge in [0.2, 0.25) is 0 Å². The molecule has 1 heterocycles. The molecule has 0 bridgehead atoms. The standard InChI is InChI=1S/C17H16BrNO6S/c1-4-5-25-13-8-11(18)10(6-12(13)23-2)7-14-16(21)19(17(22)26-14)9-15(20)24-3/h4,6-8H,1,5,9H2,2-3H3. The molecule has 2 rings (SSSR count). The molecule has 0 N–H and O–H groups in total. The summed E-state index contributed by atoms with van der Waals surface area (Å²) in [6, 6.07) is 3.38.